The van der Waals surface area contributed by atoms with Crippen LogP contribution in [0.1, 0.15) is 12.8 Å². The van der Waals surface area contributed by atoms with Crippen LogP contribution in [0.5, 0.6) is 0 Å². The minimum Gasteiger partial charge on any atom is -0.479 e. The Morgan fingerprint density at radius 1 is 1.55 bits per heavy atom. The monoisotopic (exact) mass is 158 g/mol. The number of ether oxygens (including phenoxy) is 1. The summed E-state index contributed by atoms with van der Waals surface area (Å²) in [6.45, 7) is 2.84. The van der Waals surface area contributed by atoms with Crippen molar-refractivity contribution in [1.29, 1.82) is 0 Å². The standard InChI is InChI=1S/C7H10O4/c1-2-3-4-7(10)11-5-6(8)9/h2H,1,3-5H2,(H,8,9). The van der Waals surface area contributed by atoms with E-state index in [1.54, 1.807) is 6.08 Å². The second-order valence-electron chi connectivity index (χ2n) is 1.88. The van der Waals surface area contributed by atoms with E-state index < -0.39 is 18.5 Å². The van der Waals surface area contributed by atoms with Crippen LogP contribution in [0.15, 0.2) is 12.7 Å². The van der Waals surface area contributed by atoms with Crippen LogP contribution in [0.4, 0.5) is 0 Å². The summed E-state index contributed by atoms with van der Waals surface area (Å²) in [4.78, 5) is 20.5. The van der Waals surface area contributed by atoms with E-state index in [0.717, 1.165) is 0 Å². The van der Waals surface area contributed by atoms with Crippen LogP contribution in [0.2, 0.25) is 0 Å². The van der Waals surface area contributed by atoms with Crippen molar-refractivity contribution in [2.24, 2.45) is 0 Å². The van der Waals surface area contributed by atoms with Crippen LogP contribution in [-0.2, 0) is 14.3 Å². The van der Waals surface area contributed by atoms with E-state index in [-0.39, 0.29) is 6.42 Å². The molecule has 0 spiro atoms. The van der Waals surface area contributed by atoms with Gasteiger partial charge in [-0.2, -0.15) is 0 Å². The third-order valence-corrected chi connectivity index (χ3v) is 0.909. The van der Waals surface area contributed by atoms with Gasteiger partial charge in [-0.05, 0) is 6.42 Å². The van der Waals surface area contributed by atoms with Crippen LogP contribution in [-0.4, -0.2) is 23.7 Å². The summed E-state index contributed by atoms with van der Waals surface area (Å²) in [7, 11) is 0. The lowest BCUT2D eigenvalue weighted by atomic mass is 10.3. The van der Waals surface area contributed by atoms with Crippen molar-refractivity contribution in [1.82, 2.24) is 0 Å². The molecule has 0 atom stereocenters. The minimum absolute atomic E-state index is 0.191. The van der Waals surface area contributed by atoms with E-state index in [9.17, 15) is 9.59 Å². The normalized spacial score (nSPS) is 8.73. The van der Waals surface area contributed by atoms with E-state index >= 15 is 0 Å². The molecule has 0 bridgehead atoms. The Bertz CT molecular complexity index is 162. The number of hydrogen-bond donors (Lipinski definition) is 1. The summed E-state index contributed by atoms with van der Waals surface area (Å²) >= 11 is 0. The number of esters is 1. The largest absolute Gasteiger partial charge is 0.479 e. The molecule has 0 aromatic heterocycles. The zero-order valence-corrected chi connectivity index (χ0v) is 6.08. The fourth-order valence-electron chi connectivity index (χ4n) is 0.434. The number of carboxylic acid groups (broad SMARTS) is 1. The highest BCUT2D eigenvalue weighted by Gasteiger charge is 2.03. The number of allylic oxidation sites excluding steroid dienone is 1. The predicted molar refractivity (Wildman–Crippen MR) is 38.0 cm³/mol. The van der Waals surface area contributed by atoms with E-state index in [0.29, 0.717) is 6.42 Å². The predicted octanol–water partition coefficient (Wildman–Crippen LogP) is 0.580. The molecule has 0 saturated heterocycles. The number of carboxylic acids is 1. The summed E-state index contributed by atoms with van der Waals surface area (Å²) in [5.41, 5.74) is 0. The lowest BCUT2D eigenvalue weighted by Gasteiger charge is -1.98. The molecule has 0 radical (unpaired) electrons. The van der Waals surface area contributed by atoms with Crippen molar-refractivity contribution in [2.75, 3.05) is 6.61 Å². The number of aliphatic carboxylic acids is 1. The van der Waals surface area contributed by atoms with Gasteiger partial charge in [-0.1, -0.05) is 6.08 Å². The van der Waals surface area contributed by atoms with E-state index in [1.165, 1.54) is 0 Å². The van der Waals surface area contributed by atoms with Crippen LogP contribution in [0.3, 0.4) is 0 Å². The van der Waals surface area contributed by atoms with Gasteiger partial charge < -0.3 is 9.84 Å². The van der Waals surface area contributed by atoms with Crippen LogP contribution in [0.25, 0.3) is 0 Å². The molecule has 62 valence electrons. The highest BCUT2D eigenvalue weighted by molar-refractivity contribution is 5.75. The third-order valence-electron chi connectivity index (χ3n) is 0.909. The van der Waals surface area contributed by atoms with Crippen molar-refractivity contribution >= 4 is 11.9 Å². The van der Waals surface area contributed by atoms with Gasteiger partial charge >= 0.3 is 11.9 Å². The van der Waals surface area contributed by atoms with Gasteiger partial charge in [0.15, 0.2) is 6.61 Å². The average Bonchev–Trinajstić information content (AvgIpc) is 1.97. The Hall–Kier alpha value is -1.32. The van der Waals surface area contributed by atoms with Gasteiger partial charge in [-0.15, -0.1) is 6.58 Å². The third kappa shape index (κ3) is 6.57. The van der Waals surface area contributed by atoms with Crippen LogP contribution >= 0.6 is 0 Å². The topological polar surface area (TPSA) is 63.6 Å². The van der Waals surface area contributed by atoms with Gasteiger partial charge in [0.25, 0.3) is 0 Å². The molecule has 0 saturated carbocycles. The molecule has 0 aliphatic heterocycles. The van der Waals surface area contributed by atoms with Crippen molar-refractivity contribution < 1.29 is 19.4 Å². The second-order valence-corrected chi connectivity index (χ2v) is 1.88. The van der Waals surface area contributed by atoms with Crippen molar-refractivity contribution in [3.05, 3.63) is 12.7 Å². The lowest BCUT2D eigenvalue weighted by Crippen LogP contribution is -2.12. The first-order chi connectivity index (χ1) is 5.16. The molecule has 1 N–H and O–H groups in total. The Morgan fingerprint density at radius 2 is 2.18 bits per heavy atom. The van der Waals surface area contributed by atoms with Gasteiger partial charge in [0.05, 0.1) is 0 Å². The summed E-state index contributed by atoms with van der Waals surface area (Å²) in [6, 6.07) is 0. The molecule has 0 aliphatic rings. The van der Waals surface area contributed by atoms with Crippen LogP contribution in [0, 0.1) is 0 Å². The maximum absolute atomic E-state index is 10.6. The smallest absolute Gasteiger partial charge is 0.341 e. The van der Waals surface area contributed by atoms with E-state index in [4.69, 9.17) is 5.11 Å². The highest BCUT2D eigenvalue weighted by Crippen LogP contribution is 1.92. The molecule has 4 heteroatoms. The molecule has 0 heterocycles. The van der Waals surface area contributed by atoms with Gasteiger partial charge in [-0.25, -0.2) is 4.79 Å². The van der Waals surface area contributed by atoms with E-state index in [2.05, 4.69) is 11.3 Å². The number of hydrogen-bond acceptors (Lipinski definition) is 3. The molecule has 0 fully saturated rings. The molecule has 11 heavy (non-hydrogen) atoms. The average molecular weight is 158 g/mol. The summed E-state index contributed by atoms with van der Waals surface area (Å²) in [5.74, 6) is -1.65. The molecule has 0 aliphatic carbocycles. The Kier molecular flexibility index (Phi) is 4.81. The Labute approximate surface area is 64.5 Å². The molecular formula is C7H10O4. The van der Waals surface area contributed by atoms with Crippen molar-refractivity contribution in [2.45, 2.75) is 12.8 Å². The zero-order valence-electron chi connectivity index (χ0n) is 6.08. The lowest BCUT2D eigenvalue weighted by molar-refractivity contribution is -0.155. The number of carbonyl (C=O) groups excluding carboxylic acids is 1. The molecule has 0 amide bonds. The van der Waals surface area contributed by atoms with E-state index in [1.807, 2.05) is 0 Å². The fourth-order valence-corrected chi connectivity index (χ4v) is 0.434. The van der Waals surface area contributed by atoms with Gasteiger partial charge in [0.1, 0.15) is 0 Å². The Morgan fingerprint density at radius 3 is 2.64 bits per heavy atom. The first kappa shape index (κ1) is 9.68. The zero-order chi connectivity index (χ0) is 8.69. The highest BCUT2D eigenvalue weighted by atomic mass is 16.5. The van der Waals surface area contributed by atoms with Gasteiger partial charge in [0, 0.05) is 6.42 Å². The molecular weight excluding hydrogens is 148 g/mol. The molecule has 0 aromatic carbocycles. The maximum atomic E-state index is 10.6. The van der Waals surface area contributed by atoms with Gasteiger partial charge in [-0.3, -0.25) is 4.79 Å². The fraction of sp³-hybridized carbons (Fsp3) is 0.429. The van der Waals surface area contributed by atoms with Gasteiger partial charge in [0.2, 0.25) is 0 Å². The molecule has 4 nitrogen and oxygen atoms in total. The summed E-state index contributed by atoms with van der Waals surface area (Å²) in [6.07, 6.45) is 2.28. The van der Waals surface area contributed by atoms with Crippen LogP contribution < -0.4 is 0 Å². The molecule has 0 aromatic rings. The summed E-state index contributed by atoms with van der Waals surface area (Å²) in [5, 5.41) is 8.09. The SMILES string of the molecule is C=CCCC(=O)OCC(=O)O. The molecule has 0 rings (SSSR count). The minimum atomic E-state index is -1.14. The van der Waals surface area contributed by atoms with Crippen molar-refractivity contribution in [3.63, 3.8) is 0 Å². The molecule has 0 unspecified atom stereocenters. The quantitative estimate of drug-likeness (QED) is 0.469. The number of rotatable bonds is 5. The van der Waals surface area contributed by atoms with Crippen molar-refractivity contribution in [3.8, 4) is 0 Å². The number of carbonyl (C=O) groups is 2. The second kappa shape index (κ2) is 5.46. The first-order valence-corrected chi connectivity index (χ1v) is 3.15. The maximum Gasteiger partial charge on any atom is 0.341 e. The first-order valence-electron chi connectivity index (χ1n) is 3.15. The summed E-state index contributed by atoms with van der Waals surface area (Å²) < 4.78 is 4.32. The Balaban J connectivity index is 3.37.